The Hall–Kier alpha value is -1.15. The number of guanidine groups is 1. The summed E-state index contributed by atoms with van der Waals surface area (Å²) in [6.45, 7) is 5.82. The van der Waals surface area contributed by atoms with E-state index in [1.807, 2.05) is 7.05 Å². The van der Waals surface area contributed by atoms with Crippen LogP contribution in [-0.2, 0) is 13.0 Å². The minimum Gasteiger partial charge on any atom is -0.356 e. The topological polar surface area (TPSA) is 49.3 Å². The third kappa shape index (κ3) is 5.17. The zero-order valence-electron chi connectivity index (χ0n) is 15.1. The lowest BCUT2D eigenvalue weighted by atomic mass is 9.83. The highest BCUT2D eigenvalue weighted by Gasteiger charge is 2.19. The average Bonchev–Trinajstić information content (AvgIpc) is 2.93. The van der Waals surface area contributed by atoms with Crippen molar-refractivity contribution in [3.63, 3.8) is 0 Å². The Kier molecular flexibility index (Phi) is 7.68. The average molecular weight is 470 g/mol. The molecule has 4 nitrogen and oxygen atoms in total. The van der Waals surface area contributed by atoms with Crippen molar-refractivity contribution in [2.24, 2.45) is 4.99 Å². The number of halogens is 1. The summed E-state index contributed by atoms with van der Waals surface area (Å²) in [5.74, 6) is 1.42. The zero-order chi connectivity index (χ0) is 16.9. The van der Waals surface area contributed by atoms with E-state index in [9.17, 15) is 0 Å². The van der Waals surface area contributed by atoms with Crippen LogP contribution in [0.4, 0.5) is 0 Å². The van der Waals surface area contributed by atoms with Crippen molar-refractivity contribution in [1.82, 2.24) is 15.6 Å². The lowest BCUT2D eigenvalue weighted by Gasteiger charge is -2.26. The molecular formula is C19H27IN4S. The summed E-state index contributed by atoms with van der Waals surface area (Å²) in [4.78, 5) is 10.2. The number of aliphatic imine (C=N–C) groups is 1. The number of hydrogen-bond donors (Lipinski definition) is 2. The molecule has 1 aromatic heterocycles. The van der Waals surface area contributed by atoms with Gasteiger partial charge in [-0.2, -0.15) is 0 Å². The van der Waals surface area contributed by atoms with Gasteiger partial charge in [-0.1, -0.05) is 24.3 Å². The van der Waals surface area contributed by atoms with Crippen LogP contribution < -0.4 is 10.6 Å². The van der Waals surface area contributed by atoms with E-state index < -0.39 is 0 Å². The molecule has 1 unspecified atom stereocenters. The quantitative estimate of drug-likeness (QED) is 0.401. The molecule has 136 valence electrons. The Morgan fingerprint density at radius 2 is 2.08 bits per heavy atom. The summed E-state index contributed by atoms with van der Waals surface area (Å²) < 4.78 is 0. The minimum absolute atomic E-state index is 0. The maximum atomic E-state index is 4.57. The number of nitrogens with zero attached hydrogens (tertiary/aromatic N) is 2. The molecule has 1 aromatic carbocycles. The third-order valence-corrected chi connectivity index (χ3v) is 5.79. The van der Waals surface area contributed by atoms with Crippen LogP contribution >= 0.6 is 35.3 Å². The van der Waals surface area contributed by atoms with Crippen molar-refractivity contribution in [3.8, 4) is 0 Å². The van der Waals surface area contributed by atoms with E-state index in [1.54, 1.807) is 11.3 Å². The van der Waals surface area contributed by atoms with Gasteiger partial charge in [0.15, 0.2) is 5.96 Å². The van der Waals surface area contributed by atoms with Crippen LogP contribution in [0.3, 0.4) is 0 Å². The van der Waals surface area contributed by atoms with E-state index in [1.165, 1.54) is 35.3 Å². The fourth-order valence-corrected chi connectivity index (χ4v) is 4.15. The predicted octanol–water partition coefficient (Wildman–Crippen LogP) is 4.16. The largest absolute Gasteiger partial charge is 0.356 e. The van der Waals surface area contributed by atoms with Gasteiger partial charge in [-0.15, -0.1) is 35.3 Å². The van der Waals surface area contributed by atoms with Gasteiger partial charge in [0.1, 0.15) is 5.01 Å². The SMILES string of the molecule is CN=C(NCc1nc(C)c(C)s1)NCC1CCCc2ccccc21.I. The van der Waals surface area contributed by atoms with Crippen molar-refractivity contribution in [1.29, 1.82) is 0 Å². The molecule has 3 rings (SSSR count). The molecule has 1 atom stereocenters. The van der Waals surface area contributed by atoms with Crippen molar-refractivity contribution in [2.45, 2.75) is 45.6 Å². The minimum atomic E-state index is 0. The molecule has 0 fully saturated rings. The smallest absolute Gasteiger partial charge is 0.191 e. The van der Waals surface area contributed by atoms with Crippen LogP contribution in [0.2, 0.25) is 0 Å². The number of fused-ring (bicyclic) bond motifs is 1. The summed E-state index contributed by atoms with van der Waals surface area (Å²) >= 11 is 1.75. The first-order chi connectivity index (χ1) is 11.7. The Bertz CT molecular complexity index is 706. The van der Waals surface area contributed by atoms with Gasteiger partial charge in [-0.05, 0) is 44.2 Å². The Labute approximate surface area is 171 Å². The zero-order valence-corrected chi connectivity index (χ0v) is 18.3. The van der Waals surface area contributed by atoms with Gasteiger partial charge in [-0.25, -0.2) is 4.98 Å². The molecule has 1 heterocycles. The van der Waals surface area contributed by atoms with E-state index in [2.05, 4.69) is 58.7 Å². The second kappa shape index (κ2) is 9.52. The van der Waals surface area contributed by atoms with E-state index in [0.29, 0.717) is 5.92 Å². The second-order valence-corrected chi connectivity index (χ2v) is 7.63. The van der Waals surface area contributed by atoms with Crippen LogP contribution in [0.1, 0.15) is 45.5 Å². The molecule has 2 aromatic rings. The maximum Gasteiger partial charge on any atom is 0.191 e. The second-order valence-electron chi connectivity index (χ2n) is 6.34. The normalized spacial score (nSPS) is 16.8. The first kappa shape index (κ1) is 20.2. The van der Waals surface area contributed by atoms with Gasteiger partial charge >= 0.3 is 0 Å². The van der Waals surface area contributed by atoms with E-state index >= 15 is 0 Å². The van der Waals surface area contributed by atoms with Crippen molar-refractivity contribution in [2.75, 3.05) is 13.6 Å². The lowest BCUT2D eigenvalue weighted by molar-refractivity contribution is 0.539. The number of aryl methyl sites for hydroxylation is 3. The molecule has 0 bridgehead atoms. The third-order valence-electron chi connectivity index (χ3n) is 4.71. The monoisotopic (exact) mass is 470 g/mol. The van der Waals surface area contributed by atoms with Gasteiger partial charge < -0.3 is 10.6 Å². The number of hydrogen-bond acceptors (Lipinski definition) is 3. The fourth-order valence-electron chi connectivity index (χ4n) is 3.28. The maximum absolute atomic E-state index is 4.57. The molecule has 0 radical (unpaired) electrons. The molecule has 0 saturated heterocycles. The number of aromatic nitrogens is 1. The van der Waals surface area contributed by atoms with Crippen molar-refractivity contribution >= 4 is 41.3 Å². The van der Waals surface area contributed by atoms with Gasteiger partial charge in [-0.3, -0.25) is 4.99 Å². The predicted molar refractivity (Wildman–Crippen MR) is 117 cm³/mol. The molecule has 0 saturated carbocycles. The Morgan fingerprint density at radius 3 is 2.80 bits per heavy atom. The summed E-state index contributed by atoms with van der Waals surface area (Å²) in [6, 6.07) is 8.84. The Balaban J connectivity index is 0.00000225. The number of thiazole rings is 1. The molecular weight excluding hydrogens is 443 g/mol. The van der Waals surface area contributed by atoms with E-state index in [-0.39, 0.29) is 24.0 Å². The highest BCUT2D eigenvalue weighted by Crippen LogP contribution is 2.30. The number of benzene rings is 1. The van der Waals surface area contributed by atoms with Crippen LogP contribution in [0.5, 0.6) is 0 Å². The van der Waals surface area contributed by atoms with Gasteiger partial charge in [0.25, 0.3) is 0 Å². The van der Waals surface area contributed by atoms with Crippen LogP contribution in [0.15, 0.2) is 29.3 Å². The Morgan fingerprint density at radius 1 is 1.28 bits per heavy atom. The molecule has 1 aliphatic rings. The summed E-state index contributed by atoms with van der Waals surface area (Å²) in [6.07, 6.45) is 3.72. The molecule has 2 N–H and O–H groups in total. The molecule has 1 aliphatic carbocycles. The lowest BCUT2D eigenvalue weighted by Crippen LogP contribution is -2.39. The summed E-state index contributed by atoms with van der Waals surface area (Å²) in [5, 5.41) is 7.97. The van der Waals surface area contributed by atoms with E-state index in [4.69, 9.17) is 0 Å². The summed E-state index contributed by atoms with van der Waals surface area (Å²) in [5.41, 5.74) is 4.13. The molecule has 0 aliphatic heterocycles. The highest BCUT2D eigenvalue weighted by atomic mass is 127. The number of nitrogens with one attached hydrogen (secondary N) is 2. The van der Waals surface area contributed by atoms with Crippen LogP contribution in [0, 0.1) is 13.8 Å². The summed E-state index contributed by atoms with van der Waals surface area (Å²) in [7, 11) is 1.82. The molecule has 0 spiro atoms. The van der Waals surface area contributed by atoms with Gasteiger partial charge in [0.05, 0.1) is 12.2 Å². The van der Waals surface area contributed by atoms with E-state index in [0.717, 1.165) is 29.8 Å². The van der Waals surface area contributed by atoms with Crippen LogP contribution in [0.25, 0.3) is 0 Å². The van der Waals surface area contributed by atoms with Crippen molar-refractivity contribution < 1.29 is 0 Å². The molecule has 25 heavy (non-hydrogen) atoms. The first-order valence-electron chi connectivity index (χ1n) is 8.62. The standard InChI is InChI=1S/C19H26N4S.HI/c1-13-14(2)24-18(23-13)12-22-19(20-3)21-11-16-9-6-8-15-7-4-5-10-17(15)16;/h4-5,7,10,16H,6,8-9,11-12H2,1-3H3,(H2,20,21,22);1H. The fraction of sp³-hybridized carbons (Fsp3) is 0.474. The molecule has 0 amide bonds. The molecule has 6 heteroatoms. The van der Waals surface area contributed by atoms with Crippen LogP contribution in [-0.4, -0.2) is 24.5 Å². The highest BCUT2D eigenvalue weighted by molar-refractivity contribution is 14.0. The van der Waals surface area contributed by atoms with Crippen molar-refractivity contribution in [3.05, 3.63) is 51.0 Å². The van der Waals surface area contributed by atoms with Gasteiger partial charge in [0, 0.05) is 24.4 Å². The number of rotatable bonds is 4. The first-order valence-corrected chi connectivity index (χ1v) is 9.44. The van der Waals surface area contributed by atoms with Gasteiger partial charge in [0.2, 0.25) is 0 Å².